The summed E-state index contributed by atoms with van der Waals surface area (Å²) in [5.74, 6) is 0.723. The third-order valence-corrected chi connectivity index (χ3v) is 5.18. The van der Waals surface area contributed by atoms with Gasteiger partial charge in [0.1, 0.15) is 5.75 Å². The number of aryl methyl sites for hydroxylation is 1. The molecule has 140 valence electrons. The number of nitrogens with one attached hydrogen (secondary N) is 1. The van der Waals surface area contributed by atoms with E-state index >= 15 is 0 Å². The van der Waals surface area contributed by atoms with Crippen molar-refractivity contribution >= 4 is 27.5 Å². The van der Waals surface area contributed by atoms with Gasteiger partial charge in [-0.2, -0.15) is 5.10 Å². The normalized spacial score (nSPS) is 15.8. The van der Waals surface area contributed by atoms with Crippen molar-refractivity contribution in [3.05, 3.63) is 28.9 Å². The summed E-state index contributed by atoms with van der Waals surface area (Å²) in [5.41, 5.74) is 2.52. The molecule has 7 nitrogen and oxygen atoms in total. The molecule has 26 heavy (non-hydrogen) atoms. The molecule has 1 N–H and O–H groups in total. The number of likely N-dealkylation sites (N-methyl/N-ethyl adjacent to an activating group) is 1. The number of hydrogen-bond donors (Lipinski definition) is 1. The molecule has 1 aliphatic rings. The van der Waals surface area contributed by atoms with E-state index in [1.54, 1.807) is 18.0 Å². The lowest BCUT2D eigenvalue weighted by atomic mass is 10.1. The SMILES string of the molecule is COc1ccc(NC(=O)CN2CCN(C)CC2)cc1-c1c(Br)cnn1C. The van der Waals surface area contributed by atoms with Gasteiger partial charge in [0, 0.05) is 44.5 Å². The highest BCUT2D eigenvalue weighted by molar-refractivity contribution is 9.10. The molecule has 2 heterocycles. The summed E-state index contributed by atoms with van der Waals surface area (Å²) in [6.07, 6.45) is 1.74. The lowest BCUT2D eigenvalue weighted by Gasteiger charge is -2.31. The third kappa shape index (κ3) is 4.25. The average Bonchev–Trinajstić information content (AvgIpc) is 2.95. The van der Waals surface area contributed by atoms with Gasteiger partial charge in [-0.05, 0) is 41.2 Å². The molecular weight excluding hydrogens is 398 g/mol. The second-order valence-electron chi connectivity index (χ2n) is 6.51. The van der Waals surface area contributed by atoms with Gasteiger partial charge in [0.05, 0.1) is 30.0 Å². The number of carbonyl (C=O) groups excluding carboxylic acids is 1. The van der Waals surface area contributed by atoms with E-state index in [0.29, 0.717) is 6.54 Å². The Bertz CT molecular complexity index is 764. The lowest BCUT2D eigenvalue weighted by molar-refractivity contribution is -0.117. The lowest BCUT2D eigenvalue weighted by Crippen LogP contribution is -2.47. The molecule has 0 radical (unpaired) electrons. The van der Waals surface area contributed by atoms with Crippen molar-refractivity contribution in [3.8, 4) is 17.0 Å². The van der Waals surface area contributed by atoms with E-state index in [-0.39, 0.29) is 5.91 Å². The Balaban J connectivity index is 1.74. The molecular formula is C18H24BrN5O2. The smallest absolute Gasteiger partial charge is 0.238 e. The molecule has 3 rings (SSSR count). The van der Waals surface area contributed by atoms with Crippen LogP contribution in [0.5, 0.6) is 5.75 Å². The maximum absolute atomic E-state index is 12.4. The first-order chi connectivity index (χ1) is 12.5. The van der Waals surface area contributed by atoms with Crippen LogP contribution in [0, 0.1) is 0 Å². The highest BCUT2D eigenvalue weighted by Gasteiger charge is 2.18. The molecule has 0 aliphatic carbocycles. The van der Waals surface area contributed by atoms with E-state index in [0.717, 1.165) is 53.3 Å². The summed E-state index contributed by atoms with van der Waals surface area (Å²) >= 11 is 3.53. The zero-order chi connectivity index (χ0) is 18.7. The fraction of sp³-hybridized carbons (Fsp3) is 0.444. The first kappa shape index (κ1) is 18.9. The molecule has 2 aromatic rings. The topological polar surface area (TPSA) is 62.6 Å². The van der Waals surface area contributed by atoms with Gasteiger partial charge in [0.2, 0.25) is 5.91 Å². The average molecular weight is 422 g/mol. The number of rotatable bonds is 5. The predicted molar refractivity (Wildman–Crippen MR) is 105 cm³/mol. The molecule has 1 fully saturated rings. The van der Waals surface area contributed by atoms with Crippen molar-refractivity contribution in [2.45, 2.75) is 0 Å². The highest BCUT2D eigenvalue weighted by Crippen LogP contribution is 2.36. The van der Waals surface area contributed by atoms with Gasteiger partial charge in [-0.15, -0.1) is 0 Å². The van der Waals surface area contributed by atoms with Crippen LogP contribution in [0.4, 0.5) is 5.69 Å². The van der Waals surface area contributed by atoms with E-state index in [4.69, 9.17) is 4.74 Å². The first-order valence-corrected chi connectivity index (χ1v) is 9.34. The van der Waals surface area contributed by atoms with Gasteiger partial charge in [-0.25, -0.2) is 0 Å². The number of methoxy groups -OCH3 is 1. The number of benzene rings is 1. The Hall–Kier alpha value is -1.90. The predicted octanol–water partition coefficient (Wildman–Crippen LogP) is 2.04. The van der Waals surface area contributed by atoms with Crippen LogP contribution in [0.15, 0.2) is 28.9 Å². The molecule has 1 aliphatic heterocycles. The number of hydrogen-bond acceptors (Lipinski definition) is 5. The second-order valence-corrected chi connectivity index (χ2v) is 7.36. The highest BCUT2D eigenvalue weighted by atomic mass is 79.9. The van der Waals surface area contributed by atoms with Gasteiger partial charge in [0.25, 0.3) is 0 Å². The van der Waals surface area contributed by atoms with Crippen LogP contribution in [0.1, 0.15) is 0 Å². The zero-order valence-corrected chi connectivity index (χ0v) is 16.9. The Morgan fingerprint density at radius 3 is 2.62 bits per heavy atom. The number of anilines is 1. The Kier molecular flexibility index (Phi) is 5.95. The van der Waals surface area contributed by atoms with Crippen LogP contribution >= 0.6 is 15.9 Å². The van der Waals surface area contributed by atoms with Gasteiger partial charge in [-0.3, -0.25) is 14.4 Å². The van der Waals surface area contributed by atoms with Crippen LogP contribution < -0.4 is 10.1 Å². The molecule has 1 aromatic carbocycles. The Labute approximate surface area is 162 Å². The van der Waals surface area contributed by atoms with E-state index in [2.05, 4.69) is 43.2 Å². The number of halogens is 1. The van der Waals surface area contributed by atoms with Crippen molar-refractivity contribution in [3.63, 3.8) is 0 Å². The summed E-state index contributed by atoms with van der Waals surface area (Å²) in [4.78, 5) is 16.9. The quantitative estimate of drug-likeness (QED) is 0.799. The molecule has 0 saturated carbocycles. The number of amides is 1. The molecule has 1 amide bonds. The second kappa shape index (κ2) is 8.20. The number of piperazine rings is 1. The molecule has 0 unspecified atom stereocenters. The van der Waals surface area contributed by atoms with Crippen molar-refractivity contribution in [2.24, 2.45) is 7.05 Å². The number of nitrogens with zero attached hydrogens (tertiary/aromatic N) is 4. The van der Waals surface area contributed by atoms with E-state index in [1.807, 2.05) is 25.2 Å². The van der Waals surface area contributed by atoms with Gasteiger partial charge in [0.15, 0.2) is 0 Å². The molecule has 1 saturated heterocycles. The standard InChI is InChI=1S/C18H24BrN5O2/c1-22-6-8-24(9-7-22)12-17(25)21-13-4-5-16(26-3)14(10-13)18-15(19)11-20-23(18)2/h4-5,10-11H,6-9,12H2,1-3H3,(H,21,25). The summed E-state index contributed by atoms with van der Waals surface area (Å²) in [6, 6.07) is 5.64. The Morgan fingerprint density at radius 2 is 2.00 bits per heavy atom. The minimum absolute atomic E-state index is 0.00487. The third-order valence-electron chi connectivity index (χ3n) is 4.60. The van der Waals surface area contributed by atoms with Crippen molar-refractivity contribution in [1.82, 2.24) is 19.6 Å². The minimum Gasteiger partial charge on any atom is -0.496 e. The number of ether oxygens (including phenoxy) is 1. The van der Waals surface area contributed by atoms with Crippen LogP contribution in [0.3, 0.4) is 0 Å². The summed E-state index contributed by atoms with van der Waals surface area (Å²) in [6.45, 7) is 4.23. The Morgan fingerprint density at radius 1 is 1.27 bits per heavy atom. The fourth-order valence-electron chi connectivity index (χ4n) is 3.09. The van der Waals surface area contributed by atoms with E-state index in [9.17, 15) is 4.79 Å². The first-order valence-electron chi connectivity index (χ1n) is 8.54. The summed E-state index contributed by atoms with van der Waals surface area (Å²) < 4.78 is 8.13. The molecule has 0 bridgehead atoms. The van der Waals surface area contributed by atoms with Crippen LogP contribution in [0.2, 0.25) is 0 Å². The molecule has 0 spiro atoms. The molecule has 0 atom stereocenters. The van der Waals surface area contributed by atoms with Gasteiger partial charge < -0.3 is 15.0 Å². The van der Waals surface area contributed by atoms with Crippen molar-refractivity contribution in [1.29, 1.82) is 0 Å². The molecule has 8 heteroatoms. The van der Waals surface area contributed by atoms with E-state index in [1.165, 1.54) is 0 Å². The van der Waals surface area contributed by atoms with Crippen molar-refractivity contribution < 1.29 is 9.53 Å². The number of carbonyl (C=O) groups is 1. The van der Waals surface area contributed by atoms with Crippen LogP contribution in [0.25, 0.3) is 11.3 Å². The van der Waals surface area contributed by atoms with Crippen LogP contribution in [-0.2, 0) is 11.8 Å². The van der Waals surface area contributed by atoms with E-state index < -0.39 is 0 Å². The van der Waals surface area contributed by atoms with Crippen LogP contribution in [-0.4, -0.2) is 72.4 Å². The summed E-state index contributed by atoms with van der Waals surface area (Å²) in [7, 11) is 5.61. The largest absolute Gasteiger partial charge is 0.496 e. The zero-order valence-electron chi connectivity index (χ0n) is 15.3. The summed E-state index contributed by atoms with van der Waals surface area (Å²) in [5, 5.41) is 7.26. The van der Waals surface area contributed by atoms with Gasteiger partial charge >= 0.3 is 0 Å². The monoisotopic (exact) mass is 421 g/mol. The van der Waals surface area contributed by atoms with Crippen molar-refractivity contribution in [2.75, 3.05) is 52.2 Å². The minimum atomic E-state index is -0.00487. The number of aromatic nitrogens is 2. The fourth-order valence-corrected chi connectivity index (χ4v) is 3.66. The van der Waals surface area contributed by atoms with Gasteiger partial charge in [-0.1, -0.05) is 0 Å². The molecule has 1 aromatic heterocycles. The maximum atomic E-state index is 12.4. The maximum Gasteiger partial charge on any atom is 0.238 e.